The molecule has 1 aromatic heterocycles. The van der Waals surface area contributed by atoms with E-state index in [1.165, 1.54) is 17.3 Å². The van der Waals surface area contributed by atoms with Crippen LogP contribution in [0.1, 0.15) is 45.4 Å². The molecule has 0 radical (unpaired) electrons. The number of likely N-dealkylation sites (tertiary alicyclic amines) is 1. The minimum atomic E-state index is -4.58. The Morgan fingerprint density at radius 1 is 1.09 bits per heavy atom. The van der Waals surface area contributed by atoms with Gasteiger partial charge < -0.3 is 19.1 Å². The number of alkyl halides is 3. The number of nitrogens with zero attached hydrogens (tertiary/aromatic N) is 2. The highest BCUT2D eigenvalue weighted by atomic mass is 32.2. The van der Waals surface area contributed by atoms with E-state index in [-0.39, 0.29) is 36.3 Å². The van der Waals surface area contributed by atoms with E-state index in [0.717, 1.165) is 26.0 Å². The van der Waals surface area contributed by atoms with Crippen LogP contribution in [0.2, 0.25) is 0 Å². The van der Waals surface area contributed by atoms with E-state index in [1.807, 2.05) is 0 Å². The standard InChI is InChI=1S/C21H29F3N2O6S/c1-14(21(22,23)24)30-20(27)26-11-8-17(9-12-26)31-15-3-5-16(6-4-15)32-18-7-10-25-13-19(18)33(2,28)29/h7,10,13-17H,3-6,8-9,11-12H2,1-2H3/t14?,15-,16-. The first-order chi connectivity index (χ1) is 15.4. The third kappa shape index (κ3) is 7.20. The molecule has 0 aromatic carbocycles. The Labute approximate surface area is 191 Å². The predicted molar refractivity (Wildman–Crippen MR) is 112 cm³/mol. The fraction of sp³-hybridized carbons (Fsp3) is 0.714. The van der Waals surface area contributed by atoms with Crippen molar-refractivity contribution in [2.75, 3.05) is 19.3 Å². The first-order valence-electron chi connectivity index (χ1n) is 10.9. The summed E-state index contributed by atoms with van der Waals surface area (Å²) in [7, 11) is -3.44. The van der Waals surface area contributed by atoms with Crippen molar-refractivity contribution in [1.82, 2.24) is 9.88 Å². The van der Waals surface area contributed by atoms with Crippen LogP contribution in [0.15, 0.2) is 23.4 Å². The third-order valence-electron chi connectivity index (χ3n) is 5.88. The number of carbonyl (C=O) groups is 1. The fourth-order valence-electron chi connectivity index (χ4n) is 3.95. The van der Waals surface area contributed by atoms with Gasteiger partial charge in [0.1, 0.15) is 10.6 Å². The SMILES string of the molecule is CC(OC(=O)N1CCC(O[C@H]2CC[C@H](Oc3ccncc3S(C)(=O)=O)CC2)CC1)C(F)(F)F. The molecule has 2 heterocycles. The number of carbonyl (C=O) groups excluding carboxylic acids is 1. The van der Waals surface area contributed by atoms with Crippen LogP contribution in [0.3, 0.4) is 0 Å². The molecule has 1 unspecified atom stereocenters. The van der Waals surface area contributed by atoms with Crippen LogP contribution in [-0.2, 0) is 19.3 Å². The molecule has 33 heavy (non-hydrogen) atoms. The molecule has 1 atom stereocenters. The van der Waals surface area contributed by atoms with Crippen molar-refractivity contribution in [2.45, 2.75) is 80.9 Å². The summed E-state index contributed by atoms with van der Waals surface area (Å²) in [5.74, 6) is 0.302. The van der Waals surface area contributed by atoms with Crippen molar-refractivity contribution in [3.8, 4) is 5.75 Å². The highest BCUT2D eigenvalue weighted by Gasteiger charge is 2.40. The summed E-state index contributed by atoms with van der Waals surface area (Å²) < 4.78 is 78.1. The second kappa shape index (κ2) is 10.5. The van der Waals surface area contributed by atoms with Crippen LogP contribution in [0.5, 0.6) is 5.75 Å². The van der Waals surface area contributed by atoms with Crippen LogP contribution >= 0.6 is 0 Å². The van der Waals surface area contributed by atoms with Gasteiger partial charge in [0.2, 0.25) is 0 Å². The molecule has 1 aliphatic carbocycles. The molecule has 2 fully saturated rings. The summed E-state index contributed by atoms with van der Waals surface area (Å²) in [6, 6.07) is 1.55. The second-order valence-corrected chi connectivity index (χ2v) is 10.5. The van der Waals surface area contributed by atoms with Gasteiger partial charge in [-0.05, 0) is 51.5 Å². The van der Waals surface area contributed by atoms with E-state index in [0.29, 0.717) is 31.4 Å². The number of hydrogen-bond donors (Lipinski definition) is 0. The monoisotopic (exact) mass is 494 g/mol. The highest BCUT2D eigenvalue weighted by molar-refractivity contribution is 7.90. The van der Waals surface area contributed by atoms with Crippen LogP contribution < -0.4 is 4.74 Å². The normalized spacial score (nSPS) is 23.7. The lowest BCUT2D eigenvalue weighted by molar-refractivity contribution is -0.200. The van der Waals surface area contributed by atoms with Gasteiger partial charge in [0, 0.05) is 31.7 Å². The van der Waals surface area contributed by atoms with Gasteiger partial charge in [0.25, 0.3) is 0 Å². The molecule has 0 N–H and O–H groups in total. The van der Waals surface area contributed by atoms with E-state index in [9.17, 15) is 26.4 Å². The minimum Gasteiger partial charge on any atom is -0.489 e. The first-order valence-corrected chi connectivity index (χ1v) is 12.8. The number of ether oxygens (including phenoxy) is 3. The van der Waals surface area contributed by atoms with Crippen molar-refractivity contribution in [1.29, 1.82) is 0 Å². The van der Waals surface area contributed by atoms with Crippen molar-refractivity contribution >= 4 is 15.9 Å². The van der Waals surface area contributed by atoms with Gasteiger partial charge in [-0.25, -0.2) is 13.2 Å². The number of aromatic nitrogens is 1. The lowest BCUT2D eigenvalue weighted by Crippen LogP contribution is -2.44. The molecule has 186 valence electrons. The summed E-state index contributed by atoms with van der Waals surface area (Å²) >= 11 is 0. The van der Waals surface area contributed by atoms with Gasteiger partial charge in [-0.15, -0.1) is 0 Å². The van der Waals surface area contributed by atoms with E-state index in [2.05, 4.69) is 9.72 Å². The summed E-state index contributed by atoms with van der Waals surface area (Å²) in [6.07, 6.45) is -0.0148. The van der Waals surface area contributed by atoms with E-state index in [1.54, 1.807) is 6.07 Å². The summed E-state index contributed by atoms with van der Waals surface area (Å²) in [5.41, 5.74) is 0. The Kier molecular flexibility index (Phi) is 8.09. The van der Waals surface area contributed by atoms with Crippen molar-refractivity contribution < 1.29 is 40.6 Å². The Morgan fingerprint density at radius 2 is 1.67 bits per heavy atom. The molecule has 3 rings (SSSR count). The van der Waals surface area contributed by atoms with Gasteiger partial charge in [0.15, 0.2) is 15.9 Å². The van der Waals surface area contributed by atoms with Gasteiger partial charge >= 0.3 is 12.3 Å². The molecule has 1 aromatic rings. The van der Waals surface area contributed by atoms with E-state index < -0.39 is 28.2 Å². The van der Waals surface area contributed by atoms with Crippen LogP contribution in [0.4, 0.5) is 18.0 Å². The molecule has 1 saturated carbocycles. The number of hydrogen-bond acceptors (Lipinski definition) is 7. The quantitative estimate of drug-likeness (QED) is 0.595. The fourth-order valence-corrected chi connectivity index (χ4v) is 4.68. The Morgan fingerprint density at radius 3 is 2.24 bits per heavy atom. The van der Waals surface area contributed by atoms with E-state index in [4.69, 9.17) is 9.47 Å². The number of sulfone groups is 1. The van der Waals surface area contributed by atoms with E-state index >= 15 is 0 Å². The van der Waals surface area contributed by atoms with Gasteiger partial charge in [0.05, 0.1) is 18.3 Å². The largest absolute Gasteiger partial charge is 0.489 e. The summed E-state index contributed by atoms with van der Waals surface area (Å²) in [4.78, 5) is 17.1. The van der Waals surface area contributed by atoms with Crippen LogP contribution in [0, 0.1) is 0 Å². The second-order valence-electron chi connectivity index (χ2n) is 8.50. The first kappa shape index (κ1) is 25.5. The zero-order valence-electron chi connectivity index (χ0n) is 18.6. The van der Waals surface area contributed by atoms with Crippen molar-refractivity contribution in [3.05, 3.63) is 18.5 Å². The molecular weight excluding hydrogens is 465 g/mol. The number of pyridine rings is 1. The molecule has 1 saturated heterocycles. The molecular formula is C21H29F3N2O6S. The molecule has 1 amide bonds. The molecule has 1 aliphatic heterocycles. The Bertz CT molecular complexity index is 911. The molecule has 8 nitrogen and oxygen atoms in total. The highest BCUT2D eigenvalue weighted by Crippen LogP contribution is 2.31. The maximum atomic E-state index is 12.6. The average molecular weight is 495 g/mol. The smallest absolute Gasteiger partial charge is 0.425 e. The average Bonchev–Trinajstić information content (AvgIpc) is 2.74. The number of halogens is 3. The lowest BCUT2D eigenvalue weighted by atomic mass is 9.94. The minimum absolute atomic E-state index is 0.0189. The number of piperidine rings is 1. The van der Waals surface area contributed by atoms with Crippen molar-refractivity contribution in [2.24, 2.45) is 0 Å². The van der Waals surface area contributed by atoms with Crippen LogP contribution in [0.25, 0.3) is 0 Å². The number of amides is 1. The molecule has 0 bridgehead atoms. The Hall–Kier alpha value is -2.08. The van der Waals surface area contributed by atoms with Crippen LogP contribution in [-0.4, -0.2) is 74.3 Å². The number of rotatable bonds is 6. The van der Waals surface area contributed by atoms with Gasteiger partial charge in [-0.3, -0.25) is 4.98 Å². The Balaban J connectivity index is 1.41. The van der Waals surface area contributed by atoms with Crippen molar-refractivity contribution in [3.63, 3.8) is 0 Å². The van der Waals surface area contributed by atoms with Gasteiger partial charge in [-0.1, -0.05) is 0 Å². The summed E-state index contributed by atoms with van der Waals surface area (Å²) in [5, 5.41) is 0. The maximum Gasteiger partial charge on any atom is 0.425 e. The maximum absolute atomic E-state index is 12.6. The molecule has 0 spiro atoms. The van der Waals surface area contributed by atoms with Gasteiger partial charge in [-0.2, -0.15) is 13.2 Å². The summed E-state index contributed by atoms with van der Waals surface area (Å²) in [6.45, 7) is 1.37. The molecule has 2 aliphatic rings. The lowest BCUT2D eigenvalue weighted by Gasteiger charge is -2.36. The third-order valence-corrected chi connectivity index (χ3v) is 6.99. The zero-order chi connectivity index (χ0) is 24.2. The zero-order valence-corrected chi connectivity index (χ0v) is 19.4. The topological polar surface area (TPSA) is 95.0 Å². The molecule has 12 heteroatoms. The predicted octanol–water partition coefficient (Wildman–Crippen LogP) is 3.74.